The SMILES string of the molecule is CC1=C(C(=O)NCCn2ccnn2)[C@H](c2ccc3c(c2)OCCO3)NC(=O)N1. The Bertz CT molecular complexity index is 924. The van der Waals surface area contributed by atoms with Crippen molar-refractivity contribution in [1.82, 2.24) is 30.9 Å². The van der Waals surface area contributed by atoms with E-state index >= 15 is 0 Å². The van der Waals surface area contributed by atoms with E-state index in [1.54, 1.807) is 36.1 Å². The predicted octanol–water partition coefficient (Wildman–Crippen LogP) is 0.494. The Labute approximate surface area is 160 Å². The largest absolute Gasteiger partial charge is 0.486 e. The van der Waals surface area contributed by atoms with Crippen LogP contribution in [-0.4, -0.2) is 46.7 Å². The maximum Gasteiger partial charge on any atom is 0.319 e. The van der Waals surface area contributed by atoms with Crippen LogP contribution < -0.4 is 25.4 Å². The number of nitrogens with zero attached hydrogens (tertiary/aromatic N) is 3. The molecule has 3 N–H and O–H groups in total. The van der Waals surface area contributed by atoms with E-state index in [9.17, 15) is 9.59 Å². The number of hydrogen-bond donors (Lipinski definition) is 3. The number of aromatic nitrogens is 3. The first kappa shape index (κ1) is 17.8. The fourth-order valence-electron chi connectivity index (χ4n) is 3.22. The van der Waals surface area contributed by atoms with Gasteiger partial charge in [-0.05, 0) is 24.6 Å². The van der Waals surface area contributed by atoms with Gasteiger partial charge in [-0.2, -0.15) is 0 Å². The van der Waals surface area contributed by atoms with Crippen molar-refractivity contribution in [3.05, 3.63) is 47.4 Å². The molecule has 2 aromatic rings. The molecule has 28 heavy (non-hydrogen) atoms. The second-order valence-electron chi connectivity index (χ2n) is 6.40. The highest BCUT2D eigenvalue weighted by Gasteiger charge is 2.31. The fraction of sp³-hybridized carbons (Fsp3) is 0.333. The number of urea groups is 1. The summed E-state index contributed by atoms with van der Waals surface area (Å²) in [6.45, 7) is 3.53. The Morgan fingerprint density at radius 2 is 2.14 bits per heavy atom. The monoisotopic (exact) mass is 384 g/mol. The zero-order valence-corrected chi connectivity index (χ0v) is 15.3. The minimum Gasteiger partial charge on any atom is -0.486 e. The molecule has 0 saturated heterocycles. The summed E-state index contributed by atoms with van der Waals surface area (Å²) >= 11 is 0. The summed E-state index contributed by atoms with van der Waals surface area (Å²) in [6.07, 6.45) is 3.30. The van der Waals surface area contributed by atoms with Gasteiger partial charge in [-0.15, -0.1) is 5.10 Å². The van der Waals surface area contributed by atoms with Crippen LogP contribution >= 0.6 is 0 Å². The Morgan fingerprint density at radius 1 is 1.32 bits per heavy atom. The van der Waals surface area contributed by atoms with Crippen LogP contribution in [0.3, 0.4) is 0 Å². The number of hydrogen-bond acceptors (Lipinski definition) is 6. The van der Waals surface area contributed by atoms with Crippen molar-refractivity contribution in [1.29, 1.82) is 0 Å². The van der Waals surface area contributed by atoms with E-state index in [0.717, 1.165) is 5.56 Å². The van der Waals surface area contributed by atoms with Gasteiger partial charge in [0.25, 0.3) is 5.91 Å². The van der Waals surface area contributed by atoms with Gasteiger partial charge in [0.05, 0.1) is 24.4 Å². The van der Waals surface area contributed by atoms with Crippen LogP contribution in [0.5, 0.6) is 11.5 Å². The molecule has 1 aromatic carbocycles. The third-order valence-corrected chi connectivity index (χ3v) is 4.51. The molecule has 1 aromatic heterocycles. The first-order valence-corrected chi connectivity index (χ1v) is 8.92. The normalized spacial score (nSPS) is 18.3. The van der Waals surface area contributed by atoms with Crippen molar-refractivity contribution in [3.8, 4) is 11.5 Å². The minimum atomic E-state index is -0.601. The molecule has 2 aliphatic rings. The fourth-order valence-corrected chi connectivity index (χ4v) is 3.22. The highest BCUT2D eigenvalue weighted by molar-refractivity contribution is 5.98. The van der Waals surface area contributed by atoms with Gasteiger partial charge in [-0.3, -0.25) is 9.48 Å². The van der Waals surface area contributed by atoms with Gasteiger partial charge in [0.2, 0.25) is 0 Å². The number of carbonyl (C=O) groups is 2. The Balaban J connectivity index is 1.55. The molecule has 0 unspecified atom stereocenters. The number of fused-ring (bicyclic) bond motifs is 1. The maximum absolute atomic E-state index is 12.9. The molecule has 10 nitrogen and oxygen atoms in total. The zero-order valence-electron chi connectivity index (χ0n) is 15.3. The van der Waals surface area contributed by atoms with E-state index in [0.29, 0.717) is 49.1 Å². The van der Waals surface area contributed by atoms with Crippen molar-refractivity contribution >= 4 is 11.9 Å². The maximum atomic E-state index is 12.9. The standard InChI is InChI=1S/C18H20N6O4/c1-11-15(17(25)19-4-6-24-7-5-20-23-24)16(22-18(26)21-11)12-2-3-13-14(10-12)28-9-8-27-13/h2-3,5,7,10,16H,4,6,8-9H2,1H3,(H,19,25)(H2,21,22,26)/t16-/m0/s1. The molecular weight excluding hydrogens is 364 g/mol. The number of nitrogens with one attached hydrogen (secondary N) is 3. The number of benzene rings is 1. The van der Waals surface area contributed by atoms with E-state index in [1.807, 2.05) is 6.07 Å². The van der Waals surface area contributed by atoms with Crippen LogP contribution in [0.25, 0.3) is 0 Å². The average Bonchev–Trinajstić information content (AvgIpc) is 3.20. The van der Waals surface area contributed by atoms with Crippen LogP contribution in [0, 0.1) is 0 Å². The molecule has 0 aliphatic carbocycles. The molecule has 146 valence electrons. The number of rotatable bonds is 5. The van der Waals surface area contributed by atoms with Gasteiger partial charge in [-0.25, -0.2) is 4.79 Å². The molecule has 1 atom stereocenters. The molecule has 3 heterocycles. The molecule has 0 spiro atoms. The van der Waals surface area contributed by atoms with E-state index in [4.69, 9.17) is 9.47 Å². The van der Waals surface area contributed by atoms with Crippen molar-refractivity contribution in [2.75, 3.05) is 19.8 Å². The summed E-state index contributed by atoms with van der Waals surface area (Å²) in [4.78, 5) is 24.9. The Kier molecular flexibility index (Phi) is 4.83. The van der Waals surface area contributed by atoms with Crippen molar-refractivity contribution in [2.24, 2.45) is 0 Å². The summed E-state index contributed by atoms with van der Waals surface area (Å²) in [7, 11) is 0. The van der Waals surface area contributed by atoms with Gasteiger partial charge < -0.3 is 25.4 Å². The molecule has 0 saturated carbocycles. The van der Waals surface area contributed by atoms with Crippen LogP contribution in [0.15, 0.2) is 41.9 Å². The first-order valence-electron chi connectivity index (χ1n) is 8.92. The molecule has 3 amide bonds. The first-order chi connectivity index (χ1) is 13.6. The zero-order chi connectivity index (χ0) is 19.5. The third-order valence-electron chi connectivity index (χ3n) is 4.51. The van der Waals surface area contributed by atoms with Gasteiger partial charge >= 0.3 is 6.03 Å². The van der Waals surface area contributed by atoms with Gasteiger partial charge in [0.1, 0.15) is 13.2 Å². The molecule has 10 heteroatoms. The number of amides is 3. The molecule has 0 fully saturated rings. The van der Waals surface area contributed by atoms with Crippen molar-refractivity contribution < 1.29 is 19.1 Å². The lowest BCUT2D eigenvalue weighted by molar-refractivity contribution is -0.118. The lowest BCUT2D eigenvalue weighted by Crippen LogP contribution is -2.47. The smallest absolute Gasteiger partial charge is 0.319 e. The third kappa shape index (κ3) is 3.61. The topological polar surface area (TPSA) is 119 Å². The quantitative estimate of drug-likeness (QED) is 0.690. The summed E-state index contributed by atoms with van der Waals surface area (Å²) in [5.41, 5.74) is 1.68. The van der Waals surface area contributed by atoms with Crippen LogP contribution in [0.4, 0.5) is 4.79 Å². The number of carbonyl (C=O) groups excluding carboxylic acids is 2. The van der Waals surface area contributed by atoms with Gasteiger partial charge in [0, 0.05) is 18.4 Å². The molecule has 0 radical (unpaired) electrons. The summed E-state index contributed by atoms with van der Waals surface area (Å²) in [5, 5.41) is 15.9. The van der Waals surface area contributed by atoms with E-state index in [-0.39, 0.29) is 11.9 Å². The second-order valence-corrected chi connectivity index (χ2v) is 6.40. The minimum absolute atomic E-state index is 0.273. The average molecular weight is 384 g/mol. The predicted molar refractivity (Wildman–Crippen MR) is 97.6 cm³/mol. The highest BCUT2D eigenvalue weighted by atomic mass is 16.6. The lowest BCUT2D eigenvalue weighted by atomic mass is 9.94. The summed E-state index contributed by atoms with van der Waals surface area (Å²) in [6, 6.07) is 4.43. The van der Waals surface area contributed by atoms with Gasteiger partial charge in [0.15, 0.2) is 11.5 Å². The van der Waals surface area contributed by atoms with Crippen LogP contribution in [-0.2, 0) is 11.3 Å². The van der Waals surface area contributed by atoms with Crippen molar-refractivity contribution in [2.45, 2.75) is 19.5 Å². The van der Waals surface area contributed by atoms with E-state index < -0.39 is 6.04 Å². The summed E-state index contributed by atoms with van der Waals surface area (Å²) in [5.74, 6) is 0.972. The Hall–Kier alpha value is -3.56. The molecule has 0 bridgehead atoms. The van der Waals surface area contributed by atoms with E-state index in [1.165, 1.54) is 0 Å². The molecular formula is C18H20N6O4. The highest BCUT2D eigenvalue weighted by Crippen LogP contribution is 2.35. The molecule has 2 aliphatic heterocycles. The van der Waals surface area contributed by atoms with Gasteiger partial charge in [-0.1, -0.05) is 11.3 Å². The second kappa shape index (κ2) is 7.59. The van der Waals surface area contributed by atoms with Crippen LogP contribution in [0.2, 0.25) is 0 Å². The van der Waals surface area contributed by atoms with Crippen molar-refractivity contribution in [3.63, 3.8) is 0 Å². The van der Waals surface area contributed by atoms with Crippen LogP contribution in [0.1, 0.15) is 18.5 Å². The number of allylic oxidation sites excluding steroid dienone is 1. The summed E-state index contributed by atoms with van der Waals surface area (Å²) < 4.78 is 12.8. The van der Waals surface area contributed by atoms with E-state index in [2.05, 4.69) is 26.3 Å². The molecule has 4 rings (SSSR count). The number of ether oxygens (including phenoxy) is 2. The lowest BCUT2D eigenvalue weighted by Gasteiger charge is -2.29. The Morgan fingerprint density at radius 3 is 2.93 bits per heavy atom.